The number of hydrogen-bond donors (Lipinski definition) is 1. The minimum absolute atomic E-state index is 0.0838. The lowest BCUT2D eigenvalue weighted by Gasteiger charge is -2.13. The van der Waals surface area contributed by atoms with Crippen LogP contribution in [-0.2, 0) is 33.8 Å². The molecule has 0 radical (unpaired) electrons. The maximum Gasteiger partial charge on any atom is 0.229 e. The monoisotopic (exact) mass is 392 g/mol. The fraction of sp³-hybridized carbons (Fsp3) is 0.588. The molecule has 0 bridgehead atoms. The minimum atomic E-state index is -0.383. The van der Waals surface area contributed by atoms with Crippen LogP contribution in [-0.4, -0.2) is 51.8 Å². The van der Waals surface area contributed by atoms with Crippen molar-refractivity contribution in [1.29, 1.82) is 0 Å². The molecule has 1 N–H and O–H groups in total. The topological polar surface area (TPSA) is 102 Å². The van der Waals surface area contributed by atoms with Crippen molar-refractivity contribution in [2.24, 2.45) is 5.92 Å². The first-order valence-corrected chi connectivity index (χ1v) is 9.82. The summed E-state index contributed by atoms with van der Waals surface area (Å²) < 4.78 is 7.01. The molecule has 1 fully saturated rings. The molecule has 2 aromatic rings. The Morgan fingerprint density at radius 3 is 3.07 bits per heavy atom. The molecule has 27 heavy (non-hydrogen) atoms. The number of amides is 2. The van der Waals surface area contributed by atoms with E-state index in [4.69, 9.17) is 4.74 Å². The van der Waals surface area contributed by atoms with Gasteiger partial charge in [0.15, 0.2) is 0 Å². The van der Waals surface area contributed by atoms with E-state index in [-0.39, 0.29) is 24.2 Å². The molecular formula is C17H24N6O3S. The fourth-order valence-corrected chi connectivity index (χ4v) is 3.91. The van der Waals surface area contributed by atoms with E-state index < -0.39 is 0 Å². The Labute approximate surface area is 161 Å². The Bertz CT molecular complexity index is 789. The quantitative estimate of drug-likeness (QED) is 0.683. The fourth-order valence-electron chi connectivity index (χ4n) is 2.95. The summed E-state index contributed by atoms with van der Waals surface area (Å²) in [6, 6.07) is 0. The van der Waals surface area contributed by atoms with Crippen LogP contribution >= 0.6 is 11.3 Å². The second-order valence-corrected chi connectivity index (χ2v) is 7.46. The molecule has 0 saturated carbocycles. The van der Waals surface area contributed by atoms with Gasteiger partial charge >= 0.3 is 0 Å². The molecule has 1 aliphatic heterocycles. The van der Waals surface area contributed by atoms with Crippen LogP contribution in [0.5, 0.6) is 0 Å². The largest absolute Gasteiger partial charge is 0.383 e. The summed E-state index contributed by atoms with van der Waals surface area (Å²) in [5, 5.41) is 12.6. The van der Waals surface area contributed by atoms with Crippen LogP contribution in [0, 0.1) is 5.92 Å². The Hall–Kier alpha value is -2.33. The number of hydrogen-bond acceptors (Lipinski definition) is 7. The molecule has 3 heterocycles. The summed E-state index contributed by atoms with van der Waals surface area (Å²) in [6.45, 7) is 4.03. The number of aryl methyl sites for hydroxylation is 1. The van der Waals surface area contributed by atoms with Gasteiger partial charge < -0.3 is 14.6 Å². The van der Waals surface area contributed by atoms with Gasteiger partial charge in [-0.3, -0.25) is 14.5 Å². The molecule has 1 aliphatic rings. The lowest BCUT2D eigenvalue weighted by Crippen LogP contribution is -2.33. The first-order chi connectivity index (χ1) is 13.1. The van der Waals surface area contributed by atoms with Gasteiger partial charge in [0, 0.05) is 39.2 Å². The number of nitrogens with one attached hydrogen (secondary N) is 1. The second-order valence-electron chi connectivity index (χ2n) is 6.42. The van der Waals surface area contributed by atoms with Crippen LogP contribution in [0.15, 0.2) is 12.5 Å². The Morgan fingerprint density at radius 2 is 2.30 bits per heavy atom. The van der Waals surface area contributed by atoms with E-state index in [0.29, 0.717) is 31.4 Å². The molecule has 146 valence electrons. The lowest BCUT2D eigenvalue weighted by atomic mass is 10.1. The smallest absolute Gasteiger partial charge is 0.229 e. The summed E-state index contributed by atoms with van der Waals surface area (Å²) in [5.74, 6) is -0.602. The van der Waals surface area contributed by atoms with E-state index in [1.807, 2.05) is 4.57 Å². The van der Waals surface area contributed by atoms with E-state index in [2.05, 4.69) is 27.4 Å². The Balaban J connectivity index is 1.55. The molecule has 2 amide bonds. The summed E-state index contributed by atoms with van der Waals surface area (Å²) in [6.07, 6.45) is 5.45. The molecule has 1 unspecified atom stereocenters. The van der Waals surface area contributed by atoms with Crippen molar-refractivity contribution in [3.05, 3.63) is 23.2 Å². The predicted octanol–water partition coefficient (Wildman–Crippen LogP) is 1.00. The van der Waals surface area contributed by atoms with Crippen molar-refractivity contribution >= 4 is 28.3 Å². The summed E-state index contributed by atoms with van der Waals surface area (Å²) in [7, 11) is 1.64. The van der Waals surface area contributed by atoms with Gasteiger partial charge in [-0.05, 0) is 6.42 Å². The average molecular weight is 392 g/mol. The highest BCUT2D eigenvalue weighted by Crippen LogP contribution is 2.28. The molecular weight excluding hydrogens is 368 g/mol. The number of nitrogens with zero attached hydrogens (tertiary/aromatic N) is 5. The summed E-state index contributed by atoms with van der Waals surface area (Å²) in [5.41, 5.74) is 0.898. The summed E-state index contributed by atoms with van der Waals surface area (Å²) in [4.78, 5) is 30.5. The zero-order chi connectivity index (χ0) is 19.2. The molecule has 0 spiro atoms. The second kappa shape index (κ2) is 9.05. The SMILES string of the molecule is CCCc1nnc(N2CC(C(=O)NCc3cncn3CCOC)CC2=O)s1. The van der Waals surface area contributed by atoms with Crippen LogP contribution in [0.4, 0.5) is 5.13 Å². The van der Waals surface area contributed by atoms with E-state index in [1.54, 1.807) is 24.5 Å². The van der Waals surface area contributed by atoms with Crippen molar-refractivity contribution in [3.63, 3.8) is 0 Å². The highest BCUT2D eigenvalue weighted by atomic mass is 32.1. The molecule has 0 aromatic carbocycles. The highest BCUT2D eigenvalue weighted by Gasteiger charge is 2.36. The Kier molecular flexibility index (Phi) is 6.51. The summed E-state index contributed by atoms with van der Waals surface area (Å²) >= 11 is 1.42. The van der Waals surface area contributed by atoms with Crippen molar-refractivity contribution in [2.45, 2.75) is 39.3 Å². The number of aromatic nitrogens is 4. The van der Waals surface area contributed by atoms with Crippen LogP contribution in [0.3, 0.4) is 0 Å². The third-order valence-electron chi connectivity index (χ3n) is 4.43. The number of rotatable bonds is 9. The standard InChI is InChI=1S/C17H24N6O3S/c1-3-4-14-20-21-17(27-14)23-10-12(7-15(23)24)16(25)19-9-13-8-18-11-22(13)5-6-26-2/h8,11-12H,3-7,9-10H2,1-2H3,(H,19,25). The van der Waals surface area contributed by atoms with Gasteiger partial charge in [0.2, 0.25) is 16.9 Å². The number of ether oxygens (including phenoxy) is 1. The zero-order valence-electron chi connectivity index (χ0n) is 15.6. The minimum Gasteiger partial charge on any atom is -0.383 e. The van der Waals surface area contributed by atoms with Gasteiger partial charge in [-0.2, -0.15) is 0 Å². The molecule has 0 aliphatic carbocycles. The maximum atomic E-state index is 12.5. The van der Waals surface area contributed by atoms with Gasteiger partial charge in [-0.25, -0.2) is 4.98 Å². The van der Waals surface area contributed by atoms with Crippen LogP contribution in [0.2, 0.25) is 0 Å². The van der Waals surface area contributed by atoms with Gasteiger partial charge in [0.25, 0.3) is 0 Å². The van der Waals surface area contributed by atoms with Crippen LogP contribution < -0.4 is 10.2 Å². The number of methoxy groups -OCH3 is 1. The van der Waals surface area contributed by atoms with Crippen LogP contribution in [0.1, 0.15) is 30.5 Å². The average Bonchev–Trinajstić information content (AvgIpc) is 3.38. The molecule has 10 heteroatoms. The van der Waals surface area contributed by atoms with Crippen molar-refractivity contribution in [2.75, 3.05) is 25.2 Å². The van der Waals surface area contributed by atoms with E-state index in [1.165, 1.54) is 11.3 Å². The van der Waals surface area contributed by atoms with Crippen molar-refractivity contribution < 1.29 is 14.3 Å². The molecule has 9 nitrogen and oxygen atoms in total. The van der Waals surface area contributed by atoms with Crippen LogP contribution in [0.25, 0.3) is 0 Å². The normalized spacial score (nSPS) is 16.9. The highest BCUT2D eigenvalue weighted by molar-refractivity contribution is 7.15. The van der Waals surface area contributed by atoms with E-state index in [9.17, 15) is 9.59 Å². The van der Waals surface area contributed by atoms with Gasteiger partial charge in [-0.15, -0.1) is 10.2 Å². The molecule has 1 atom stereocenters. The van der Waals surface area contributed by atoms with Gasteiger partial charge in [0.05, 0.1) is 31.1 Å². The third kappa shape index (κ3) is 4.69. The first-order valence-electron chi connectivity index (χ1n) is 9.00. The van der Waals surface area contributed by atoms with Crippen molar-refractivity contribution in [1.82, 2.24) is 25.1 Å². The van der Waals surface area contributed by atoms with Gasteiger partial charge in [0.1, 0.15) is 5.01 Å². The van der Waals surface area contributed by atoms with Gasteiger partial charge in [-0.1, -0.05) is 18.3 Å². The predicted molar refractivity (Wildman–Crippen MR) is 100 cm³/mol. The number of carbonyl (C=O) groups is 2. The van der Waals surface area contributed by atoms with E-state index >= 15 is 0 Å². The third-order valence-corrected chi connectivity index (χ3v) is 5.43. The molecule has 2 aromatic heterocycles. The maximum absolute atomic E-state index is 12.5. The number of imidazole rings is 1. The Morgan fingerprint density at radius 1 is 1.44 bits per heavy atom. The molecule has 1 saturated heterocycles. The first kappa shape index (κ1) is 19.4. The zero-order valence-corrected chi connectivity index (χ0v) is 16.4. The number of carbonyl (C=O) groups excluding carboxylic acids is 2. The van der Waals surface area contributed by atoms with Crippen molar-refractivity contribution in [3.8, 4) is 0 Å². The number of anilines is 1. The molecule has 3 rings (SSSR count). The lowest BCUT2D eigenvalue weighted by molar-refractivity contribution is -0.126. The van der Waals surface area contributed by atoms with E-state index in [0.717, 1.165) is 23.5 Å².